The van der Waals surface area contributed by atoms with Crippen molar-refractivity contribution >= 4 is 6.03 Å². The molecule has 0 radical (unpaired) electrons. The average Bonchev–Trinajstić information content (AvgIpc) is 3.17. The molecule has 0 bridgehead atoms. The van der Waals surface area contributed by atoms with Crippen molar-refractivity contribution in [2.75, 3.05) is 0 Å². The van der Waals surface area contributed by atoms with E-state index in [9.17, 15) is 4.79 Å². The number of nitrogens with zero attached hydrogens (tertiary/aromatic N) is 4. The number of hydrogen-bond donors (Lipinski definition) is 1. The number of para-hydroxylation sites is 1. The zero-order valence-corrected chi connectivity index (χ0v) is 10.7. The quantitative estimate of drug-likeness (QED) is 0.787. The summed E-state index contributed by atoms with van der Waals surface area (Å²) in [5, 5.41) is 7.07. The molecule has 6 heteroatoms. The van der Waals surface area contributed by atoms with Crippen LogP contribution in [0.15, 0.2) is 61.4 Å². The predicted octanol–water partition coefficient (Wildman–Crippen LogP) is 1.83. The van der Waals surface area contributed by atoms with Crippen LogP contribution in [0, 0.1) is 0 Å². The van der Waals surface area contributed by atoms with Crippen molar-refractivity contribution < 1.29 is 4.79 Å². The topological polar surface area (TPSA) is 64.7 Å². The van der Waals surface area contributed by atoms with Crippen molar-refractivity contribution in [3.8, 4) is 5.69 Å². The molecule has 0 aliphatic heterocycles. The van der Waals surface area contributed by atoms with Gasteiger partial charge in [-0.3, -0.25) is 4.57 Å². The Bertz CT molecular complexity index is 687. The number of hydrogen-bond acceptors (Lipinski definition) is 3. The minimum absolute atomic E-state index is 0.213. The zero-order valence-electron chi connectivity index (χ0n) is 10.7. The summed E-state index contributed by atoms with van der Waals surface area (Å²) in [6.07, 6.45) is 8.25. The summed E-state index contributed by atoms with van der Waals surface area (Å²) in [4.78, 5) is 15.6. The molecular weight excluding hydrogens is 254 g/mol. The third-order valence-corrected chi connectivity index (χ3v) is 2.84. The molecule has 0 unspecified atom stereocenters. The molecule has 0 fully saturated rings. The first-order valence-corrected chi connectivity index (χ1v) is 6.18. The highest BCUT2D eigenvalue weighted by Crippen LogP contribution is 2.07. The molecule has 100 valence electrons. The fraction of sp³-hybridized carbons (Fsp3) is 0.0714. The summed E-state index contributed by atoms with van der Waals surface area (Å²) in [6.45, 7) is 0.420. The number of rotatable bonds is 3. The molecule has 0 aliphatic rings. The summed E-state index contributed by atoms with van der Waals surface area (Å²) in [5.41, 5.74) is 1.92. The van der Waals surface area contributed by atoms with Gasteiger partial charge < -0.3 is 5.32 Å². The molecule has 1 aromatic carbocycles. The molecule has 2 heterocycles. The van der Waals surface area contributed by atoms with Crippen LogP contribution in [0.1, 0.15) is 5.56 Å². The van der Waals surface area contributed by atoms with Gasteiger partial charge in [-0.2, -0.15) is 5.10 Å². The fourth-order valence-electron chi connectivity index (χ4n) is 1.82. The van der Waals surface area contributed by atoms with Crippen LogP contribution < -0.4 is 5.32 Å². The SMILES string of the molecule is O=C(NCc1cnn(-c2ccccc2)c1)n1ccnc1. The Hall–Kier alpha value is -2.89. The van der Waals surface area contributed by atoms with Gasteiger partial charge in [-0.15, -0.1) is 0 Å². The maximum atomic E-state index is 11.7. The highest BCUT2D eigenvalue weighted by Gasteiger charge is 2.05. The second-order valence-corrected chi connectivity index (χ2v) is 4.26. The second kappa shape index (κ2) is 5.40. The van der Waals surface area contributed by atoms with E-state index in [1.54, 1.807) is 23.3 Å². The van der Waals surface area contributed by atoms with E-state index in [2.05, 4.69) is 15.4 Å². The Labute approximate surface area is 115 Å². The summed E-state index contributed by atoms with van der Waals surface area (Å²) in [5.74, 6) is 0. The molecule has 0 saturated carbocycles. The van der Waals surface area contributed by atoms with Gasteiger partial charge in [0.05, 0.1) is 11.9 Å². The van der Waals surface area contributed by atoms with Gasteiger partial charge >= 0.3 is 6.03 Å². The highest BCUT2D eigenvalue weighted by molar-refractivity contribution is 5.76. The van der Waals surface area contributed by atoms with Crippen molar-refractivity contribution in [3.63, 3.8) is 0 Å². The smallest absolute Gasteiger partial charge is 0.327 e. The van der Waals surface area contributed by atoms with Crippen molar-refractivity contribution in [2.24, 2.45) is 0 Å². The molecule has 3 rings (SSSR count). The van der Waals surface area contributed by atoms with Gasteiger partial charge in [-0.1, -0.05) is 18.2 Å². The lowest BCUT2D eigenvalue weighted by atomic mass is 10.3. The van der Waals surface area contributed by atoms with E-state index in [-0.39, 0.29) is 6.03 Å². The Balaban J connectivity index is 1.65. The van der Waals surface area contributed by atoms with Gasteiger partial charge in [0.1, 0.15) is 6.33 Å². The lowest BCUT2D eigenvalue weighted by Gasteiger charge is -2.03. The van der Waals surface area contributed by atoms with Crippen LogP contribution >= 0.6 is 0 Å². The molecule has 2 aromatic heterocycles. The van der Waals surface area contributed by atoms with Crippen LogP contribution in [0.25, 0.3) is 5.69 Å². The Morgan fingerprint density at radius 2 is 2.10 bits per heavy atom. The van der Waals surface area contributed by atoms with E-state index < -0.39 is 0 Å². The zero-order chi connectivity index (χ0) is 13.8. The van der Waals surface area contributed by atoms with Gasteiger partial charge in [-0.05, 0) is 12.1 Å². The number of carbonyl (C=O) groups is 1. The van der Waals surface area contributed by atoms with Crippen LogP contribution in [-0.2, 0) is 6.54 Å². The van der Waals surface area contributed by atoms with Gasteiger partial charge in [-0.25, -0.2) is 14.5 Å². The van der Waals surface area contributed by atoms with E-state index in [1.807, 2.05) is 36.5 Å². The maximum absolute atomic E-state index is 11.7. The Kier molecular flexibility index (Phi) is 3.28. The maximum Gasteiger partial charge on any atom is 0.327 e. The molecular formula is C14H13N5O. The number of carbonyl (C=O) groups excluding carboxylic acids is 1. The molecule has 1 N–H and O–H groups in total. The van der Waals surface area contributed by atoms with Crippen molar-refractivity contribution in [1.29, 1.82) is 0 Å². The van der Waals surface area contributed by atoms with E-state index in [4.69, 9.17) is 0 Å². The predicted molar refractivity (Wildman–Crippen MR) is 73.4 cm³/mol. The lowest BCUT2D eigenvalue weighted by Crippen LogP contribution is -2.26. The first-order chi connectivity index (χ1) is 9.83. The summed E-state index contributed by atoms with van der Waals surface area (Å²) in [7, 11) is 0. The Morgan fingerprint density at radius 1 is 1.25 bits per heavy atom. The number of benzene rings is 1. The molecule has 20 heavy (non-hydrogen) atoms. The molecule has 3 aromatic rings. The lowest BCUT2D eigenvalue weighted by molar-refractivity contribution is 0.242. The third-order valence-electron chi connectivity index (χ3n) is 2.84. The second-order valence-electron chi connectivity index (χ2n) is 4.26. The van der Waals surface area contributed by atoms with Gasteiger partial charge in [0.2, 0.25) is 0 Å². The number of amides is 1. The van der Waals surface area contributed by atoms with Crippen molar-refractivity contribution in [2.45, 2.75) is 6.54 Å². The largest absolute Gasteiger partial charge is 0.333 e. The average molecular weight is 267 g/mol. The van der Waals surface area contributed by atoms with Crippen molar-refractivity contribution in [1.82, 2.24) is 24.6 Å². The monoisotopic (exact) mass is 267 g/mol. The minimum atomic E-state index is -0.213. The van der Waals surface area contributed by atoms with E-state index >= 15 is 0 Å². The number of nitrogens with one attached hydrogen (secondary N) is 1. The summed E-state index contributed by atoms with van der Waals surface area (Å²) >= 11 is 0. The first-order valence-electron chi connectivity index (χ1n) is 6.18. The standard InChI is InChI=1S/C14H13N5O/c20-14(18-7-6-15-11-18)16-8-12-9-17-19(10-12)13-4-2-1-3-5-13/h1-7,9-11H,8H2,(H,16,20). The molecule has 0 spiro atoms. The third kappa shape index (κ3) is 2.59. The minimum Gasteiger partial charge on any atom is -0.333 e. The molecule has 6 nitrogen and oxygen atoms in total. The van der Waals surface area contributed by atoms with Crippen LogP contribution in [0.3, 0.4) is 0 Å². The molecule has 1 amide bonds. The normalized spacial score (nSPS) is 10.4. The number of imidazole rings is 1. The summed E-state index contributed by atoms with van der Waals surface area (Å²) in [6, 6.07) is 9.60. The first kappa shape index (κ1) is 12.2. The van der Waals surface area contributed by atoms with Crippen LogP contribution in [-0.4, -0.2) is 25.4 Å². The number of aromatic nitrogens is 4. The van der Waals surface area contributed by atoms with E-state index in [1.165, 1.54) is 10.9 Å². The van der Waals surface area contributed by atoms with Crippen LogP contribution in [0.5, 0.6) is 0 Å². The molecule has 0 aliphatic carbocycles. The van der Waals surface area contributed by atoms with Gasteiger partial charge in [0, 0.05) is 30.7 Å². The van der Waals surface area contributed by atoms with Gasteiger partial charge in [0.25, 0.3) is 0 Å². The Morgan fingerprint density at radius 3 is 2.85 bits per heavy atom. The van der Waals surface area contributed by atoms with E-state index in [0.717, 1.165) is 11.3 Å². The highest BCUT2D eigenvalue weighted by atomic mass is 16.2. The van der Waals surface area contributed by atoms with E-state index in [0.29, 0.717) is 6.54 Å². The van der Waals surface area contributed by atoms with Crippen molar-refractivity contribution in [3.05, 3.63) is 67.0 Å². The van der Waals surface area contributed by atoms with Crippen LogP contribution in [0.4, 0.5) is 4.79 Å². The van der Waals surface area contributed by atoms with Crippen LogP contribution in [0.2, 0.25) is 0 Å². The fourth-order valence-corrected chi connectivity index (χ4v) is 1.82. The molecule has 0 saturated heterocycles. The summed E-state index contributed by atoms with van der Waals surface area (Å²) < 4.78 is 3.17. The molecule has 0 atom stereocenters. The van der Waals surface area contributed by atoms with Gasteiger partial charge in [0.15, 0.2) is 0 Å².